The average Bonchev–Trinajstić information content (AvgIpc) is 3.56. The number of nitrogens with zero attached hydrogens (tertiary/aromatic N) is 3. The van der Waals surface area contributed by atoms with Crippen LogP contribution in [0.4, 0.5) is 5.13 Å². The zero-order valence-electron chi connectivity index (χ0n) is 19.6. The number of sulfonamides is 1. The minimum atomic E-state index is -3.62. The molecule has 1 aromatic heterocycles. The van der Waals surface area contributed by atoms with Crippen molar-refractivity contribution in [1.82, 2.24) is 9.29 Å². The number of piperidine rings is 1. The highest BCUT2D eigenvalue weighted by Crippen LogP contribution is 2.33. The summed E-state index contributed by atoms with van der Waals surface area (Å²) in [4.78, 5) is 20.5. The Balaban J connectivity index is 1.31. The van der Waals surface area contributed by atoms with Gasteiger partial charge in [0, 0.05) is 25.6 Å². The molecule has 1 unspecified atom stereocenters. The molecule has 0 radical (unpaired) electrons. The van der Waals surface area contributed by atoms with Gasteiger partial charge in [-0.1, -0.05) is 23.5 Å². The van der Waals surface area contributed by atoms with Crippen LogP contribution in [0, 0.1) is 5.92 Å². The fourth-order valence-corrected chi connectivity index (χ4v) is 7.14. The van der Waals surface area contributed by atoms with E-state index in [-0.39, 0.29) is 22.8 Å². The van der Waals surface area contributed by atoms with Crippen LogP contribution in [-0.2, 0) is 19.6 Å². The molecule has 0 aliphatic carbocycles. The second-order valence-corrected chi connectivity index (χ2v) is 11.8. The van der Waals surface area contributed by atoms with Crippen LogP contribution in [0.15, 0.2) is 53.4 Å². The number of rotatable bonds is 7. The Labute approximate surface area is 209 Å². The van der Waals surface area contributed by atoms with E-state index in [4.69, 9.17) is 14.5 Å². The fourth-order valence-electron chi connectivity index (χ4n) is 4.69. The summed E-state index contributed by atoms with van der Waals surface area (Å²) in [6, 6.07) is 14.3. The summed E-state index contributed by atoms with van der Waals surface area (Å²) >= 11 is 1.51. The second kappa shape index (κ2) is 10.2. The van der Waals surface area contributed by atoms with Crippen molar-refractivity contribution in [2.45, 2.75) is 36.7 Å². The minimum Gasteiger partial charge on any atom is -0.497 e. The van der Waals surface area contributed by atoms with Crippen molar-refractivity contribution < 1.29 is 22.7 Å². The second-order valence-electron chi connectivity index (χ2n) is 8.90. The SMILES string of the molecule is COc1ccc(S(=O)(=O)N2CCC(C(=O)N(CC3CCCO3)c3nc4ccccc4s3)CC2)cc1. The Morgan fingerprint density at radius 2 is 1.89 bits per heavy atom. The number of para-hydroxylation sites is 1. The van der Waals surface area contributed by atoms with E-state index in [1.807, 2.05) is 24.3 Å². The van der Waals surface area contributed by atoms with Gasteiger partial charge in [0.05, 0.1) is 34.9 Å². The number of hydrogen-bond acceptors (Lipinski definition) is 7. The third-order valence-electron chi connectivity index (χ3n) is 6.69. The van der Waals surface area contributed by atoms with Crippen LogP contribution in [0.25, 0.3) is 10.2 Å². The first-order valence-corrected chi connectivity index (χ1v) is 14.1. The third kappa shape index (κ3) is 5.06. The normalized spacial score (nSPS) is 19.7. The van der Waals surface area contributed by atoms with Crippen LogP contribution in [0.2, 0.25) is 0 Å². The molecule has 3 aromatic rings. The van der Waals surface area contributed by atoms with Crippen molar-refractivity contribution in [1.29, 1.82) is 0 Å². The lowest BCUT2D eigenvalue weighted by Crippen LogP contribution is -2.46. The molecule has 2 aliphatic rings. The quantitative estimate of drug-likeness (QED) is 0.474. The lowest BCUT2D eigenvalue weighted by atomic mass is 9.96. The van der Waals surface area contributed by atoms with Crippen LogP contribution >= 0.6 is 11.3 Å². The Bertz CT molecular complexity index is 1240. The fraction of sp³-hybridized carbons (Fsp3) is 0.440. The standard InChI is InChI=1S/C25H29N3O5S2/c1-32-19-8-10-21(11-9-19)35(30,31)27-14-12-18(13-15-27)24(29)28(17-20-5-4-16-33-20)25-26-22-6-2-3-7-23(22)34-25/h2-3,6-11,18,20H,4-5,12-17H2,1H3. The summed E-state index contributed by atoms with van der Waals surface area (Å²) < 4.78 is 39.7. The van der Waals surface area contributed by atoms with Crippen LogP contribution in [0.5, 0.6) is 5.75 Å². The summed E-state index contributed by atoms with van der Waals surface area (Å²) in [5.41, 5.74) is 0.873. The summed E-state index contributed by atoms with van der Waals surface area (Å²) in [6.45, 7) is 1.80. The van der Waals surface area contributed by atoms with Crippen LogP contribution in [0.3, 0.4) is 0 Å². The summed E-state index contributed by atoms with van der Waals surface area (Å²) in [6.07, 6.45) is 2.87. The number of benzene rings is 2. The van der Waals surface area contributed by atoms with Gasteiger partial charge < -0.3 is 9.47 Å². The first-order valence-electron chi connectivity index (χ1n) is 11.9. The number of hydrogen-bond donors (Lipinski definition) is 0. The van der Waals surface area contributed by atoms with Gasteiger partial charge in [0.2, 0.25) is 15.9 Å². The van der Waals surface area contributed by atoms with Crippen LogP contribution in [-0.4, -0.2) is 63.1 Å². The number of ether oxygens (including phenoxy) is 2. The van der Waals surface area contributed by atoms with Gasteiger partial charge in [-0.25, -0.2) is 13.4 Å². The number of thiazole rings is 1. The maximum atomic E-state index is 13.7. The van der Waals surface area contributed by atoms with Gasteiger partial charge in [0.25, 0.3) is 0 Å². The van der Waals surface area contributed by atoms with Gasteiger partial charge >= 0.3 is 0 Å². The highest BCUT2D eigenvalue weighted by molar-refractivity contribution is 7.89. The molecule has 2 saturated heterocycles. The largest absolute Gasteiger partial charge is 0.497 e. The Morgan fingerprint density at radius 1 is 1.14 bits per heavy atom. The Hall–Kier alpha value is -2.53. The number of aromatic nitrogens is 1. The lowest BCUT2D eigenvalue weighted by molar-refractivity contribution is -0.123. The molecule has 0 bridgehead atoms. The monoisotopic (exact) mass is 515 g/mol. The van der Waals surface area contributed by atoms with Crippen molar-refractivity contribution in [2.75, 3.05) is 38.3 Å². The van der Waals surface area contributed by atoms with Gasteiger partial charge in [0.15, 0.2) is 5.13 Å². The number of carbonyl (C=O) groups is 1. The van der Waals surface area contributed by atoms with Crippen molar-refractivity contribution in [2.24, 2.45) is 5.92 Å². The highest BCUT2D eigenvalue weighted by atomic mass is 32.2. The van der Waals surface area contributed by atoms with E-state index in [0.29, 0.717) is 50.0 Å². The molecule has 0 N–H and O–H groups in total. The number of fused-ring (bicyclic) bond motifs is 1. The first-order chi connectivity index (χ1) is 17.0. The molecular weight excluding hydrogens is 486 g/mol. The first kappa shape index (κ1) is 24.2. The predicted octanol–water partition coefficient (Wildman–Crippen LogP) is 3.92. The maximum Gasteiger partial charge on any atom is 0.243 e. The number of amides is 1. The van der Waals surface area contributed by atoms with Crippen molar-refractivity contribution in [3.05, 3.63) is 48.5 Å². The molecule has 0 saturated carbocycles. The number of anilines is 1. The van der Waals surface area contributed by atoms with Crippen LogP contribution < -0.4 is 9.64 Å². The van der Waals surface area contributed by atoms with Crippen LogP contribution in [0.1, 0.15) is 25.7 Å². The molecule has 1 amide bonds. The molecule has 0 spiro atoms. The minimum absolute atomic E-state index is 0.000974. The number of carbonyl (C=O) groups excluding carboxylic acids is 1. The van der Waals surface area contributed by atoms with Gasteiger partial charge in [-0.3, -0.25) is 9.69 Å². The number of methoxy groups -OCH3 is 1. The van der Waals surface area contributed by atoms with Crippen molar-refractivity contribution in [3.63, 3.8) is 0 Å². The summed E-state index contributed by atoms with van der Waals surface area (Å²) in [5.74, 6) is 0.348. The molecule has 8 nitrogen and oxygen atoms in total. The smallest absolute Gasteiger partial charge is 0.243 e. The molecule has 1 atom stereocenters. The van der Waals surface area contributed by atoms with E-state index in [1.165, 1.54) is 15.6 Å². The third-order valence-corrected chi connectivity index (χ3v) is 9.66. The average molecular weight is 516 g/mol. The highest BCUT2D eigenvalue weighted by Gasteiger charge is 2.36. The van der Waals surface area contributed by atoms with E-state index in [2.05, 4.69) is 0 Å². The van der Waals surface area contributed by atoms with Crippen molar-refractivity contribution >= 4 is 42.6 Å². The summed E-state index contributed by atoms with van der Waals surface area (Å²) in [5, 5.41) is 0.681. The van der Waals surface area contributed by atoms with E-state index in [1.54, 1.807) is 36.3 Å². The van der Waals surface area contributed by atoms with Crippen molar-refractivity contribution in [3.8, 4) is 5.75 Å². The molecule has 186 valence electrons. The Kier molecular flexibility index (Phi) is 7.06. The molecule has 3 heterocycles. The van der Waals surface area contributed by atoms with E-state index < -0.39 is 10.0 Å². The van der Waals surface area contributed by atoms with Gasteiger partial charge in [-0.05, 0) is 62.1 Å². The molecule has 2 aromatic carbocycles. The summed E-state index contributed by atoms with van der Waals surface area (Å²) in [7, 11) is -2.08. The topological polar surface area (TPSA) is 89.0 Å². The molecule has 35 heavy (non-hydrogen) atoms. The molecule has 10 heteroatoms. The Morgan fingerprint density at radius 3 is 2.54 bits per heavy atom. The molecule has 2 fully saturated rings. The molecule has 5 rings (SSSR count). The zero-order valence-corrected chi connectivity index (χ0v) is 21.3. The molecular formula is C25H29N3O5S2. The van der Waals surface area contributed by atoms with E-state index in [9.17, 15) is 13.2 Å². The van der Waals surface area contributed by atoms with Gasteiger partial charge in [-0.2, -0.15) is 4.31 Å². The van der Waals surface area contributed by atoms with Gasteiger partial charge in [0.1, 0.15) is 5.75 Å². The van der Waals surface area contributed by atoms with E-state index >= 15 is 0 Å². The maximum absolute atomic E-state index is 13.7. The van der Waals surface area contributed by atoms with Gasteiger partial charge in [-0.15, -0.1) is 0 Å². The zero-order chi connectivity index (χ0) is 24.4. The lowest BCUT2D eigenvalue weighted by Gasteiger charge is -2.33. The van der Waals surface area contributed by atoms with E-state index in [0.717, 1.165) is 23.1 Å². The predicted molar refractivity (Wildman–Crippen MR) is 135 cm³/mol. The molecule has 2 aliphatic heterocycles.